The van der Waals surface area contributed by atoms with E-state index in [2.05, 4.69) is 10.2 Å². The average molecular weight is 223 g/mol. The first-order chi connectivity index (χ1) is 7.31. The molecule has 2 rings (SSSR count). The van der Waals surface area contributed by atoms with Gasteiger partial charge in [0.25, 0.3) is 8.45 Å². The third-order valence-electron chi connectivity index (χ3n) is 2.01. The molecule has 0 radical (unpaired) electrons. The van der Waals surface area contributed by atoms with E-state index in [-0.39, 0.29) is 0 Å². The standard InChI is InChI=1S/C10H14N3OP/c1-3-14-15-12-10(11-13(15)2)9-7-5-4-6-8-9/h4-8H,3H2,1-2H3,(H,11,12). The van der Waals surface area contributed by atoms with Gasteiger partial charge in [0.15, 0.2) is 5.84 Å². The van der Waals surface area contributed by atoms with Gasteiger partial charge in [0.1, 0.15) is 0 Å². The second-order valence-corrected chi connectivity index (χ2v) is 4.71. The third-order valence-corrected chi connectivity index (χ3v) is 3.53. The predicted octanol–water partition coefficient (Wildman–Crippen LogP) is 2.15. The Morgan fingerprint density at radius 3 is 2.80 bits per heavy atom. The second-order valence-electron chi connectivity index (χ2n) is 3.11. The van der Waals surface area contributed by atoms with Gasteiger partial charge in [-0.1, -0.05) is 30.3 Å². The van der Waals surface area contributed by atoms with Crippen LogP contribution in [0.1, 0.15) is 12.5 Å². The molecule has 1 unspecified atom stereocenters. The largest absolute Gasteiger partial charge is 0.322 e. The SMILES string of the molecule is CCOP1NC(c2ccccc2)=NN1C. The van der Waals surface area contributed by atoms with Crippen molar-refractivity contribution in [1.29, 1.82) is 0 Å². The smallest absolute Gasteiger partial charge is 0.263 e. The molecule has 0 saturated carbocycles. The molecular formula is C10H14N3OP. The maximum absolute atomic E-state index is 5.53. The first kappa shape index (κ1) is 10.4. The molecule has 1 aliphatic heterocycles. The van der Waals surface area contributed by atoms with Crippen molar-refractivity contribution >= 4 is 14.3 Å². The molecule has 80 valence electrons. The van der Waals surface area contributed by atoms with E-state index in [1.807, 2.05) is 49.1 Å². The highest BCUT2D eigenvalue weighted by atomic mass is 31.2. The minimum absolute atomic E-state index is 0.695. The molecule has 0 amide bonds. The van der Waals surface area contributed by atoms with Gasteiger partial charge in [-0.15, -0.1) is 0 Å². The molecule has 0 fully saturated rings. The number of amidine groups is 1. The van der Waals surface area contributed by atoms with E-state index >= 15 is 0 Å². The molecule has 15 heavy (non-hydrogen) atoms. The first-order valence-corrected chi connectivity index (χ1v) is 6.10. The normalized spacial score (nSPS) is 20.0. The lowest BCUT2D eigenvalue weighted by Crippen LogP contribution is -2.15. The van der Waals surface area contributed by atoms with Gasteiger partial charge in [-0.05, 0) is 6.92 Å². The second kappa shape index (κ2) is 4.60. The van der Waals surface area contributed by atoms with Crippen molar-refractivity contribution < 1.29 is 4.52 Å². The van der Waals surface area contributed by atoms with Gasteiger partial charge in [-0.25, -0.2) is 4.78 Å². The average Bonchev–Trinajstić information content (AvgIpc) is 2.63. The summed E-state index contributed by atoms with van der Waals surface area (Å²) >= 11 is 0. The van der Waals surface area contributed by atoms with E-state index in [1.54, 1.807) is 0 Å². The van der Waals surface area contributed by atoms with E-state index in [0.717, 1.165) is 11.4 Å². The van der Waals surface area contributed by atoms with Crippen molar-refractivity contribution in [3.8, 4) is 0 Å². The molecule has 0 spiro atoms. The van der Waals surface area contributed by atoms with Crippen molar-refractivity contribution in [2.45, 2.75) is 6.92 Å². The highest BCUT2D eigenvalue weighted by molar-refractivity contribution is 7.49. The fourth-order valence-corrected chi connectivity index (χ4v) is 2.47. The summed E-state index contributed by atoms with van der Waals surface area (Å²) in [6.45, 7) is 2.68. The van der Waals surface area contributed by atoms with E-state index < -0.39 is 8.45 Å². The zero-order chi connectivity index (χ0) is 10.7. The number of rotatable bonds is 3. The minimum Gasteiger partial charge on any atom is -0.322 e. The molecule has 4 nitrogen and oxygen atoms in total. The fourth-order valence-electron chi connectivity index (χ4n) is 1.33. The van der Waals surface area contributed by atoms with E-state index in [1.165, 1.54) is 0 Å². The number of hydrogen-bond donors (Lipinski definition) is 1. The Labute approximate surface area is 90.9 Å². The molecule has 0 aliphatic carbocycles. The van der Waals surface area contributed by atoms with Gasteiger partial charge in [-0.3, -0.25) is 0 Å². The van der Waals surface area contributed by atoms with Crippen LogP contribution in [0.25, 0.3) is 0 Å². The van der Waals surface area contributed by atoms with Crippen LogP contribution in [-0.4, -0.2) is 24.3 Å². The summed E-state index contributed by atoms with van der Waals surface area (Å²) in [7, 11) is 1.13. The lowest BCUT2D eigenvalue weighted by molar-refractivity contribution is 0.343. The van der Waals surface area contributed by atoms with Gasteiger partial charge in [-0.2, -0.15) is 5.10 Å². The molecule has 1 aromatic rings. The summed E-state index contributed by atoms with van der Waals surface area (Å²) in [6.07, 6.45) is 0. The van der Waals surface area contributed by atoms with Gasteiger partial charge in [0.2, 0.25) is 0 Å². The summed E-state index contributed by atoms with van der Waals surface area (Å²) in [4.78, 5) is 0. The van der Waals surface area contributed by atoms with Gasteiger partial charge in [0.05, 0.1) is 6.61 Å². The minimum atomic E-state index is -0.790. The zero-order valence-electron chi connectivity index (χ0n) is 8.84. The number of nitrogens with one attached hydrogen (secondary N) is 1. The van der Waals surface area contributed by atoms with Crippen LogP contribution in [0.5, 0.6) is 0 Å². The summed E-state index contributed by atoms with van der Waals surface area (Å²) < 4.78 is 7.38. The number of hydrogen-bond acceptors (Lipinski definition) is 4. The predicted molar refractivity (Wildman–Crippen MR) is 62.4 cm³/mol. The monoisotopic (exact) mass is 223 g/mol. The number of hydrazone groups is 1. The Kier molecular flexibility index (Phi) is 3.19. The van der Waals surface area contributed by atoms with Gasteiger partial charge < -0.3 is 9.61 Å². The van der Waals surface area contributed by atoms with E-state index in [0.29, 0.717) is 6.61 Å². The molecule has 0 saturated heterocycles. The zero-order valence-corrected chi connectivity index (χ0v) is 9.74. The highest BCUT2D eigenvalue weighted by Crippen LogP contribution is 2.40. The van der Waals surface area contributed by atoms with E-state index in [9.17, 15) is 0 Å². The van der Waals surface area contributed by atoms with Crippen LogP contribution < -0.4 is 5.09 Å². The molecule has 0 aromatic heterocycles. The Bertz CT molecular complexity index is 355. The molecule has 1 aliphatic rings. The highest BCUT2D eigenvalue weighted by Gasteiger charge is 2.24. The lowest BCUT2D eigenvalue weighted by atomic mass is 10.2. The van der Waals surface area contributed by atoms with Gasteiger partial charge >= 0.3 is 0 Å². The van der Waals surface area contributed by atoms with Crippen molar-refractivity contribution in [2.24, 2.45) is 5.10 Å². The maximum Gasteiger partial charge on any atom is 0.263 e. The molecular weight excluding hydrogens is 209 g/mol. The van der Waals surface area contributed by atoms with Crippen LogP contribution in [0.4, 0.5) is 0 Å². The summed E-state index contributed by atoms with van der Waals surface area (Å²) in [5, 5.41) is 7.68. The van der Waals surface area contributed by atoms with E-state index in [4.69, 9.17) is 4.52 Å². The van der Waals surface area contributed by atoms with Crippen LogP contribution in [0.15, 0.2) is 35.4 Å². The first-order valence-electron chi connectivity index (χ1n) is 4.88. The summed E-state index contributed by atoms with van der Waals surface area (Å²) in [6, 6.07) is 10.1. The van der Waals surface area contributed by atoms with Crippen molar-refractivity contribution in [3.05, 3.63) is 35.9 Å². The quantitative estimate of drug-likeness (QED) is 0.798. The molecule has 1 N–H and O–H groups in total. The topological polar surface area (TPSA) is 36.9 Å². The Hall–Kier alpha value is -1.12. The van der Waals surface area contributed by atoms with Gasteiger partial charge in [0, 0.05) is 12.6 Å². The summed E-state index contributed by atoms with van der Waals surface area (Å²) in [5.74, 6) is 0.887. The number of benzene rings is 1. The molecule has 0 bridgehead atoms. The third kappa shape index (κ3) is 2.28. The molecule has 5 heteroatoms. The molecule has 1 atom stereocenters. The van der Waals surface area contributed by atoms with Crippen LogP contribution in [-0.2, 0) is 4.52 Å². The van der Waals surface area contributed by atoms with Crippen molar-refractivity contribution in [3.63, 3.8) is 0 Å². The Morgan fingerprint density at radius 2 is 2.13 bits per heavy atom. The lowest BCUT2D eigenvalue weighted by Gasteiger charge is -2.15. The molecule has 1 aromatic carbocycles. The maximum atomic E-state index is 5.53. The van der Waals surface area contributed by atoms with Crippen molar-refractivity contribution in [2.75, 3.05) is 13.7 Å². The summed E-state index contributed by atoms with van der Waals surface area (Å²) in [5.41, 5.74) is 1.09. The van der Waals surface area contributed by atoms with Crippen LogP contribution in [0, 0.1) is 0 Å². The molecule has 1 heterocycles. The van der Waals surface area contributed by atoms with Crippen LogP contribution in [0.2, 0.25) is 0 Å². The van der Waals surface area contributed by atoms with Crippen molar-refractivity contribution in [1.82, 2.24) is 9.87 Å². The Balaban J connectivity index is 2.11. The van der Waals surface area contributed by atoms with Crippen LogP contribution >= 0.6 is 8.45 Å². The Morgan fingerprint density at radius 1 is 1.40 bits per heavy atom. The van der Waals surface area contributed by atoms with Crippen LogP contribution in [0.3, 0.4) is 0 Å². The fraction of sp³-hybridized carbons (Fsp3) is 0.300. The number of nitrogens with zero attached hydrogens (tertiary/aromatic N) is 2.